The van der Waals surface area contributed by atoms with Crippen LogP contribution in [0, 0.1) is 6.92 Å². The van der Waals surface area contributed by atoms with E-state index in [9.17, 15) is 0 Å². The van der Waals surface area contributed by atoms with Gasteiger partial charge in [-0.25, -0.2) is 0 Å². The summed E-state index contributed by atoms with van der Waals surface area (Å²) in [5, 5.41) is 3.23. The lowest BCUT2D eigenvalue weighted by Crippen LogP contribution is -2.37. The van der Waals surface area contributed by atoms with Crippen LogP contribution in [0.25, 0.3) is 0 Å². The minimum Gasteiger partial charge on any atom is -0.466 e. The first kappa shape index (κ1) is 16.7. The van der Waals surface area contributed by atoms with Crippen molar-refractivity contribution in [3.8, 4) is 0 Å². The molecule has 2 aromatic rings. The molecule has 130 valence electrons. The first-order valence-corrected chi connectivity index (χ1v) is 8.29. The van der Waals surface area contributed by atoms with Gasteiger partial charge in [-0.15, -0.1) is 0 Å². The van der Waals surface area contributed by atoms with Gasteiger partial charge in [-0.2, -0.15) is 15.0 Å². The number of rotatable bonds is 7. The number of hydrogen-bond acceptors (Lipinski definition) is 8. The monoisotopic (exact) mass is 332 g/mol. The fourth-order valence-electron chi connectivity index (χ4n) is 2.66. The van der Waals surface area contributed by atoms with Gasteiger partial charge in [0.2, 0.25) is 11.9 Å². The lowest BCUT2D eigenvalue weighted by molar-refractivity contribution is 0.0378. The summed E-state index contributed by atoms with van der Waals surface area (Å²) in [6.45, 7) is 7.40. The number of nitrogens with one attached hydrogen (secondary N) is 1. The lowest BCUT2D eigenvalue weighted by atomic mass is 10.3. The van der Waals surface area contributed by atoms with E-state index in [1.54, 1.807) is 0 Å². The van der Waals surface area contributed by atoms with Crippen LogP contribution < -0.4 is 11.1 Å². The van der Waals surface area contributed by atoms with E-state index >= 15 is 0 Å². The van der Waals surface area contributed by atoms with Gasteiger partial charge in [0, 0.05) is 19.6 Å². The number of morpholine rings is 1. The molecule has 8 nitrogen and oxygen atoms in total. The zero-order chi connectivity index (χ0) is 16.8. The number of aromatic nitrogens is 3. The molecule has 0 aliphatic carbocycles. The quantitative estimate of drug-likeness (QED) is 0.726. The topological polar surface area (TPSA) is 102 Å². The molecular weight excluding hydrogens is 308 g/mol. The maximum absolute atomic E-state index is 5.78. The van der Waals surface area contributed by atoms with Crippen LogP contribution in [0.5, 0.6) is 0 Å². The second-order valence-corrected chi connectivity index (χ2v) is 5.86. The zero-order valence-electron chi connectivity index (χ0n) is 14.0. The molecule has 0 atom stereocenters. The van der Waals surface area contributed by atoms with Crippen LogP contribution in [-0.2, 0) is 11.2 Å². The molecule has 0 spiro atoms. The van der Waals surface area contributed by atoms with E-state index in [1.165, 1.54) is 0 Å². The van der Waals surface area contributed by atoms with Crippen LogP contribution in [0.1, 0.15) is 23.8 Å². The van der Waals surface area contributed by atoms with Crippen LogP contribution in [0.15, 0.2) is 16.5 Å². The fourth-order valence-corrected chi connectivity index (χ4v) is 2.66. The highest BCUT2D eigenvalue weighted by molar-refractivity contribution is 5.31. The van der Waals surface area contributed by atoms with Crippen LogP contribution in [0.2, 0.25) is 0 Å². The number of hydrogen-bond donors (Lipinski definition) is 2. The third-order valence-corrected chi connectivity index (χ3v) is 3.87. The van der Waals surface area contributed by atoms with E-state index in [1.807, 2.05) is 19.1 Å². The largest absolute Gasteiger partial charge is 0.466 e. The highest BCUT2D eigenvalue weighted by Crippen LogP contribution is 2.12. The normalized spacial score (nSPS) is 15.5. The third-order valence-electron chi connectivity index (χ3n) is 3.87. The van der Waals surface area contributed by atoms with Gasteiger partial charge < -0.3 is 20.2 Å². The summed E-state index contributed by atoms with van der Waals surface area (Å²) in [5.74, 6) is 3.03. The standard InChI is InChI=1S/C16H24N6O2/c1-12-3-4-13(24-12)11-14-19-15(17)21-16(20-14)18-5-2-6-22-7-9-23-10-8-22/h3-4H,2,5-11H2,1H3,(H3,17,18,19,20,21). The molecule has 1 aliphatic heterocycles. The Kier molecular flexibility index (Phi) is 5.60. The molecule has 0 radical (unpaired) electrons. The molecule has 8 heteroatoms. The minimum atomic E-state index is 0.221. The summed E-state index contributed by atoms with van der Waals surface area (Å²) in [6.07, 6.45) is 1.52. The molecule has 0 saturated carbocycles. The number of ether oxygens (including phenoxy) is 1. The Morgan fingerprint density at radius 2 is 2.04 bits per heavy atom. The molecule has 1 fully saturated rings. The van der Waals surface area contributed by atoms with Crippen molar-refractivity contribution in [3.05, 3.63) is 29.5 Å². The van der Waals surface area contributed by atoms with Crippen molar-refractivity contribution in [2.75, 3.05) is 50.4 Å². The van der Waals surface area contributed by atoms with E-state index in [4.69, 9.17) is 14.9 Å². The summed E-state index contributed by atoms with van der Waals surface area (Å²) in [6, 6.07) is 3.84. The average Bonchev–Trinajstić information content (AvgIpc) is 2.97. The predicted octanol–water partition coefficient (Wildman–Crippen LogP) is 1.08. The first-order chi connectivity index (χ1) is 11.7. The predicted molar refractivity (Wildman–Crippen MR) is 90.9 cm³/mol. The number of nitrogens with zero attached hydrogens (tertiary/aromatic N) is 4. The molecule has 0 amide bonds. The molecule has 3 heterocycles. The Morgan fingerprint density at radius 1 is 1.21 bits per heavy atom. The smallest absolute Gasteiger partial charge is 0.227 e. The van der Waals surface area contributed by atoms with Gasteiger partial charge in [-0.1, -0.05) is 0 Å². The van der Waals surface area contributed by atoms with Crippen LogP contribution in [0.4, 0.5) is 11.9 Å². The Bertz CT molecular complexity index is 654. The van der Waals surface area contributed by atoms with Crippen molar-refractivity contribution in [2.45, 2.75) is 19.8 Å². The van der Waals surface area contributed by atoms with E-state index < -0.39 is 0 Å². The zero-order valence-corrected chi connectivity index (χ0v) is 14.0. The molecule has 1 saturated heterocycles. The minimum absolute atomic E-state index is 0.221. The van der Waals surface area contributed by atoms with Crippen molar-refractivity contribution in [1.29, 1.82) is 0 Å². The van der Waals surface area contributed by atoms with Gasteiger partial charge in [0.05, 0.1) is 19.6 Å². The van der Waals surface area contributed by atoms with E-state index in [0.29, 0.717) is 18.2 Å². The molecule has 24 heavy (non-hydrogen) atoms. The van der Waals surface area contributed by atoms with E-state index in [-0.39, 0.29) is 5.95 Å². The molecule has 0 aromatic carbocycles. The lowest BCUT2D eigenvalue weighted by Gasteiger charge is -2.26. The maximum atomic E-state index is 5.78. The van der Waals surface area contributed by atoms with E-state index in [0.717, 1.165) is 57.3 Å². The third kappa shape index (κ3) is 4.90. The molecule has 2 aromatic heterocycles. The Morgan fingerprint density at radius 3 is 2.79 bits per heavy atom. The molecular formula is C16H24N6O2. The molecule has 1 aliphatic rings. The molecule has 0 bridgehead atoms. The highest BCUT2D eigenvalue weighted by Gasteiger charge is 2.10. The number of nitrogens with two attached hydrogens (primary N) is 1. The van der Waals surface area contributed by atoms with E-state index in [2.05, 4.69) is 25.2 Å². The summed E-state index contributed by atoms with van der Waals surface area (Å²) in [4.78, 5) is 15.1. The highest BCUT2D eigenvalue weighted by atomic mass is 16.5. The Balaban J connectivity index is 1.49. The summed E-state index contributed by atoms with van der Waals surface area (Å²) < 4.78 is 10.9. The SMILES string of the molecule is Cc1ccc(Cc2nc(N)nc(NCCCN3CCOCC3)n2)o1. The number of nitrogen functional groups attached to an aromatic ring is 1. The van der Waals surface area contributed by atoms with Gasteiger partial charge in [0.1, 0.15) is 17.3 Å². The first-order valence-electron chi connectivity index (χ1n) is 8.29. The summed E-state index contributed by atoms with van der Waals surface area (Å²) in [5.41, 5.74) is 5.78. The number of aryl methyl sites for hydroxylation is 1. The van der Waals surface area contributed by atoms with Gasteiger partial charge >= 0.3 is 0 Å². The van der Waals surface area contributed by atoms with Crippen LogP contribution >= 0.6 is 0 Å². The molecule has 3 rings (SSSR count). The second-order valence-electron chi connectivity index (χ2n) is 5.86. The van der Waals surface area contributed by atoms with Crippen molar-refractivity contribution < 1.29 is 9.15 Å². The second kappa shape index (κ2) is 8.07. The Labute approximate surface area is 141 Å². The van der Waals surface area contributed by atoms with Crippen molar-refractivity contribution in [3.63, 3.8) is 0 Å². The van der Waals surface area contributed by atoms with Gasteiger partial charge in [-0.3, -0.25) is 4.90 Å². The fraction of sp³-hybridized carbons (Fsp3) is 0.562. The van der Waals surface area contributed by atoms with Crippen molar-refractivity contribution in [1.82, 2.24) is 19.9 Å². The number of anilines is 2. The van der Waals surface area contributed by atoms with Crippen LogP contribution in [-0.4, -0.2) is 59.2 Å². The van der Waals surface area contributed by atoms with Gasteiger partial charge in [-0.05, 0) is 32.0 Å². The molecule has 3 N–H and O–H groups in total. The maximum Gasteiger partial charge on any atom is 0.227 e. The van der Waals surface area contributed by atoms with Crippen LogP contribution in [0.3, 0.4) is 0 Å². The van der Waals surface area contributed by atoms with Crippen molar-refractivity contribution >= 4 is 11.9 Å². The Hall–Kier alpha value is -2.19. The van der Waals surface area contributed by atoms with Gasteiger partial charge in [0.15, 0.2) is 0 Å². The van der Waals surface area contributed by atoms with Gasteiger partial charge in [0.25, 0.3) is 0 Å². The average molecular weight is 332 g/mol. The number of furan rings is 1. The van der Waals surface area contributed by atoms with Crippen molar-refractivity contribution in [2.24, 2.45) is 0 Å². The molecule has 0 unspecified atom stereocenters. The summed E-state index contributed by atoms with van der Waals surface area (Å²) >= 11 is 0. The summed E-state index contributed by atoms with van der Waals surface area (Å²) in [7, 11) is 0.